The maximum Gasteiger partial charge on any atom is 0.291 e. The van der Waals surface area contributed by atoms with Crippen LogP contribution in [0, 0.1) is 0 Å². The van der Waals surface area contributed by atoms with Crippen molar-refractivity contribution in [2.45, 2.75) is 19.5 Å². The van der Waals surface area contributed by atoms with Crippen molar-refractivity contribution in [3.8, 4) is 0 Å². The number of furan rings is 1. The molecule has 0 saturated carbocycles. The first-order valence-electron chi connectivity index (χ1n) is 11.9. The highest BCUT2D eigenvalue weighted by atomic mass is 16.3. The molecule has 3 aromatic carbocycles. The zero-order chi connectivity index (χ0) is 25.6. The van der Waals surface area contributed by atoms with E-state index in [1.54, 1.807) is 35.0 Å². The summed E-state index contributed by atoms with van der Waals surface area (Å²) in [6, 6.07) is 29.2. The van der Waals surface area contributed by atoms with Crippen molar-refractivity contribution >= 4 is 28.5 Å². The molecule has 7 nitrogen and oxygen atoms in total. The number of aromatic nitrogens is 1. The Morgan fingerprint density at radius 2 is 1.49 bits per heavy atom. The van der Waals surface area contributed by atoms with Gasteiger partial charge >= 0.3 is 0 Å². The maximum atomic E-state index is 12.5. The molecule has 0 spiro atoms. The number of hydrogen-bond acceptors (Lipinski definition) is 4. The van der Waals surface area contributed by atoms with Crippen molar-refractivity contribution in [1.29, 1.82) is 0 Å². The fraction of sp³-hybridized carbons (Fsp3) is 0.100. The van der Waals surface area contributed by atoms with E-state index >= 15 is 0 Å². The molecule has 0 aliphatic heterocycles. The number of para-hydroxylation sites is 1. The van der Waals surface area contributed by atoms with Gasteiger partial charge in [-0.05, 0) is 47.0 Å². The van der Waals surface area contributed by atoms with Crippen molar-refractivity contribution in [2.75, 3.05) is 5.32 Å². The van der Waals surface area contributed by atoms with Gasteiger partial charge in [-0.15, -0.1) is 0 Å². The van der Waals surface area contributed by atoms with Crippen LogP contribution in [-0.4, -0.2) is 16.4 Å². The molecule has 0 aliphatic rings. The summed E-state index contributed by atoms with van der Waals surface area (Å²) in [5.74, 6) is -0.186. The fourth-order valence-corrected chi connectivity index (χ4v) is 3.99. The van der Waals surface area contributed by atoms with E-state index in [-0.39, 0.29) is 29.6 Å². The van der Waals surface area contributed by atoms with Crippen molar-refractivity contribution in [1.82, 2.24) is 9.88 Å². The number of nitrogens with one attached hydrogen (secondary N) is 2. The number of anilines is 1. The van der Waals surface area contributed by atoms with Crippen LogP contribution in [0.25, 0.3) is 11.0 Å². The molecule has 2 aromatic heterocycles. The highest BCUT2D eigenvalue weighted by molar-refractivity contribution is 6.04. The van der Waals surface area contributed by atoms with Crippen LogP contribution in [0.5, 0.6) is 0 Å². The largest absolute Gasteiger partial charge is 0.451 e. The molecule has 0 aliphatic carbocycles. The zero-order valence-corrected chi connectivity index (χ0v) is 20.0. The summed E-state index contributed by atoms with van der Waals surface area (Å²) in [6.45, 7) is 0.914. The van der Waals surface area contributed by atoms with Gasteiger partial charge in [-0.2, -0.15) is 0 Å². The lowest BCUT2D eigenvalue weighted by molar-refractivity contribution is -0.120. The average molecular weight is 492 g/mol. The van der Waals surface area contributed by atoms with Crippen molar-refractivity contribution in [3.63, 3.8) is 0 Å². The van der Waals surface area contributed by atoms with E-state index in [4.69, 9.17) is 4.42 Å². The van der Waals surface area contributed by atoms with Crippen LogP contribution in [0.4, 0.5) is 5.69 Å². The van der Waals surface area contributed by atoms with Crippen LogP contribution in [0.2, 0.25) is 0 Å². The number of fused-ring (bicyclic) bond motifs is 1. The lowest BCUT2D eigenvalue weighted by Gasteiger charge is -2.09. The van der Waals surface area contributed by atoms with Crippen molar-refractivity contribution in [2.24, 2.45) is 0 Å². The second-order valence-electron chi connectivity index (χ2n) is 8.74. The Morgan fingerprint density at radius 3 is 2.24 bits per heavy atom. The van der Waals surface area contributed by atoms with E-state index < -0.39 is 0 Å². The third kappa shape index (κ3) is 6.02. The molecule has 184 valence electrons. The molecule has 7 heteroatoms. The van der Waals surface area contributed by atoms with Gasteiger partial charge in [0.1, 0.15) is 5.58 Å². The quantitative estimate of drug-likeness (QED) is 0.328. The Balaban J connectivity index is 1.10. The second kappa shape index (κ2) is 10.8. The van der Waals surface area contributed by atoms with Gasteiger partial charge in [0.05, 0.1) is 13.0 Å². The number of nitrogens with zero attached hydrogens (tertiary/aromatic N) is 1. The summed E-state index contributed by atoms with van der Waals surface area (Å²) < 4.78 is 7.25. The summed E-state index contributed by atoms with van der Waals surface area (Å²) in [7, 11) is 0. The number of carbonyl (C=O) groups is 2. The summed E-state index contributed by atoms with van der Waals surface area (Å²) in [4.78, 5) is 36.8. The molecular weight excluding hydrogens is 466 g/mol. The van der Waals surface area contributed by atoms with E-state index in [0.717, 1.165) is 22.1 Å². The van der Waals surface area contributed by atoms with Crippen LogP contribution in [0.3, 0.4) is 0 Å². The van der Waals surface area contributed by atoms with Gasteiger partial charge in [0.2, 0.25) is 5.91 Å². The topological polar surface area (TPSA) is 93.3 Å². The maximum absolute atomic E-state index is 12.5. The standard InChI is InChI=1S/C30H25N3O4/c34-28(31-19-22-8-10-23(11-9-22)20-33-16-4-3-7-29(33)35)17-21-12-14-25(15-13-21)32-30(36)27-18-24-5-1-2-6-26(24)37-27/h1-16,18H,17,19-20H2,(H,31,34)(H,32,36). The average Bonchev–Trinajstić information content (AvgIpc) is 3.35. The van der Waals surface area contributed by atoms with Crippen LogP contribution in [-0.2, 0) is 24.3 Å². The Bertz CT molecular complexity index is 1570. The number of rotatable bonds is 8. The van der Waals surface area contributed by atoms with Gasteiger partial charge in [-0.25, -0.2) is 0 Å². The third-order valence-corrected chi connectivity index (χ3v) is 5.99. The van der Waals surface area contributed by atoms with Crippen LogP contribution in [0.1, 0.15) is 27.2 Å². The first-order valence-corrected chi connectivity index (χ1v) is 11.9. The molecule has 5 aromatic rings. The molecule has 5 rings (SSSR count). The minimum absolute atomic E-state index is 0.0412. The van der Waals surface area contributed by atoms with Gasteiger partial charge in [0, 0.05) is 29.9 Å². The summed E-state index contributed by atoms with van der Waals surface area (Å²) in [5, 5.41) is 6.62. The predicted octanol–water partition coefficient (Wildman–Crippen LogP) is 4.75. The number of hydrogen-bond donors (Lipinski definition) is 2. The van der Waals surface area contributed by atoms with E-state index in [1.807, 2.05) is 66.7 Å². The summed E-state index contributed by atoms with van der Waals surface area (Å²) >= 11 is 0. The number of amides is 2. The molecule has 0 saturated heterocycles. The van der Waals surface area contributed by atoms with E-state index in [1.165, 1.54) is 6.07 Å². The molecular formula is C30H25N3O4. The first kappa shape index (κ1) is 23.8. The lowest BCUT2D eigenvalue weighted by atomic mass is 10.1. The summed E-state index contributed by atoms with van der Waals surface area (Å²) in [5.41, 5.74) is 4.06. The molecule has 2 heterocycles. The highest BCUT2D eigenvalue weighted by Crippen LogP contribution is 2.20. The first-order chi connectivity index (χ1) is 18.0. The van der Waals surface area contributed by atoms with Gasteiger partial charge < -0.3 is 19.6 Å². The molecule has 2 N–H and O–H groups in total. The normalized spacial score (nSPS) is 10.8. The SMILES string of the molecule is O=C(Cc1ccc(NC(=O)c2cc3ccccc3o2)cc1)NCc1ccc(Cn2ccccc2=O)cc1. The number of carbonyl (C=O) groups excluding carboxylic acids is 2. The molecule has 0 radical (unpaired) electrons. The fourth-order valence-electron chi connectivity index (χ4n) is 3.99. The number of benzene rings is 3. The second-order valence-corrected chi connectivity index (χ2v) is 8.74. The monoisotopic (exact) mass is 491 g/mol. The van der Waals surface area contributed by atoms with Crippen LogP contribution in [0.15, 0.2) is 112 Å². The van der Waals surface area contributed by atoms with Gasteiger partial charge in [-0.1, -0.05) is 60.7 Å². The van der Waals surface area contributed by atoms with Crippen LogP contribution >= 0.6 is 0 Å². The molecule has 0 bridgehead atoms. The molecule has 37 heavy (non-hydrogen) atoms. The minimum atomic E-state index is -0.330. The van der Waals surface area contributed by atoms with Crippen molar-refractivity contribution < 1.29 is 14.0 Å². The Hall–Kier alpha value is -4.91. The summed E-state index contributed by atoms with van der Waals surface area (Å²) in [6.07, 6.45) is 1.99. The predicted molar refractivity (Wildman–Crippen MR) is 142 cm³/mol. The van der Waals surface area contributed by atoms with Crippen LogP contribution < -0.4 is 16.2 Å². The van der Waals surface area contributed by atoms with Gasteiger partial charge in [0.25, 0.3) is 11.5 Å². The smallest absolute Gasteiger partial charge is 0.291 e. The van der Waals surface area contributed by atoms with Gasteiger partial charge in [-0.3, -0.25) is 14.4 Å². The molecule has 0 fully saturated rings. The van der Waals surface area contributed by atoms with E-state index in [2.05, 4.69) is 10.6 Å². The van der Waals surface area contributed by atoms with Gasteiger partial charge in [0.15, 0.2) is 5.76 Å². The molecule has 0 unspecified atom stereocenters. The Morgan fingerprint density at radius 1 is 0.784 bits per heavy atom. The lowest BCUT2D eigenvalue weighted by Crippen LogP contribution is -2.24. The Labute approximate surface area is 213 Å². The Kier molecular flexibility index (Phi) is 6.94. The van der Waals surface area contributed by atoms with E-state index in [9.17, 15) is 14.4 Å². The van der Waals surface area contributed by atoms with Crippen molar-refractivity contribution in [3.05, 3.63) is 136 Å². The van der Waals surface area contributed by atoms with E-state index in [0.29, 0.717) is 24.4 Å². The molecule has 0 atom stereocenters. The number of pyridine rings is 1. The minimum Gasteiger partial charge on any atom is -0.451 e. The third-order valence-electron chi connectivity index (χ3n) is 5.99. The molecule has 2 amide bonds. The zero-order valence-electron chi connectivity index (χ0n) is 20.0. The highest BCUT2D eigenvalue weighted by Gasteiger charge is 2.12.